The predicted molar refractivity (Wildman–Crippen MR) is 77.7 cm³/mol. The molecule has 0 N–H and O–H groups in total. The van der Waals surface area contributed by atoms with Gasteiger partial charge in [0, 0.05) is 11.1 Å². The summed E-state index contributed by atoms with van der Waals surface area (Å²) in [7, 11) is 0. The maximum Gasteiger partial charge on any atom is 0.233 e. The summed E-state index contributed by atoms with van der Waals surface area (Å²) in [5.74, 6) is -1.42. The van der Waals surface area contributed by atoms with Gasteiger partial charge in [0.1, 0.15) is 24.8 Å². The van der Waals surface area contributed by atoms with Crippen LogP contribution in [0.2, 0.25) is 0 Å². The fourth-order valence-corrected chi connectivity index (χ4v) is 1.91. The van der Waals surface area contributed by atoms with Gasteiger partial charge in [-0.2, -0.15) is 0 Å². The van der Waals surface area contributed by atoms with E-state index in [2.05, 4.69) is 0 Å². The van der Waals surface area contributed by atoms with Crippen molar-refractivity contribution in [3.63, 3.8) is 0 Å². The van der Waals surface area contributed by atoms with E-state index in [1.54, 1.807) is 0 Å². The molecule has 0 aliphatic carbocycles. The van der Waals surface area contributed by atoms with E-state index in [0.29, 0.717) is 11.3 Å². The zero-order valence-corrected chi connectivity index (χ0v) is 11.9. The van der Waals surface area contributed by atoms with Gasteiger partial charge in [0.25, 0.3) is 0 Å². The van der Waals surface area contributed by atoms with Crippen LogP contribution in [0, 0.1) is 12.7 Å². The summed E-state index contributed by atoms with van der Waals surface area (Å²) in [4.78, 5) is 24.2. The summed E-state index contributed by atoms with van der Waals surface area (Å²) in [6, 6.07) is 9.63. The predicted octanol–water partition coefficient (Wildman–Crippen LogP) is 3.55. The fraction of sp³-hybridized carbons (Fsp3) is 0.176. The Morgan fingerprint density at radius 2 is 1.59 bits per heavy atom. The molecule has 2 aromatic rings. The highest BCUT2D eigenvalue weighted by atomic mass is 19.1. The Hall–Kier alpha value is -2.56. The largest absolute Gasteiger partial charge is 0.491 e. The molecule has 0 heterocycles. The van der Waals surface area contributed by atoms with Crippen LogP contribution in [-0.4, -0.2) is 24.8 Å². The molecule has 2 rings (SSSR count). The van der Waals surface area contributed by atoms with Crippen molar-refractivity contribution in [2.75, 3.05) is 13.3 Å². The molecule has 0 fully saturated rings. The zero-order chi connectivity index (χ0) is 16.1. The lowest BCUT2D eigenvalue weighted by Gasteiger charge is -2.05. The number of carbonyl (C=O) groups is 2. The van der Waals surface area contributed by atoms with E-state index in [9.17, 15) is 18.4 Å². The highest BCUT2D eigenvalue weighted by Crippen LogP contribution is 2.16. The summed E-state index contributed by atoms with van der Waals surface area (Å²) in [5.41, 5.74) is 0.634. The van der Waals surface area contributed by atoms with E-state index in [1.807, 2.05) is 0 Å². The SMILES string of the molecule is Cc1cc(C(=O)C(=O)c2ccc(OCCF)cc2)ccc1F. The summed E-state index contributed by atoms with van der Waals surface area (Å²) in [6.07, 6.45) is 0. The lowest BCUT2D eigenvalue weighted by atomic mass is 10.00. The van der Waals surface area contributed by atoms with Gasteiger partial charge in [-0.15, -0.1) is 0 Å². The van der Waals surface area contributed by atoms with Gasteiger partial charge in [0.05, 0.1) is 0 Å². The van der Waals surface area contributed by atoms with Gasteiger partial charge in [-0.25, -0.2) is 8.78 Å². The molecule has 22 heavy (non-hydrogen) atoms. The Morgan fingerprint density at radius 1 is 1.00 bits per heavy atom. The first-order chi connectivity index (χ1) is 10.5. The number of Topliss-reactive ketones (excluding diaryl/α,β-unsaturated/α-hetero) is 2. The van der Waals surface area contributed by atoms with Crippen molar-refractivity contribution >= 4 is 11.6 Å². The second-order valence-corrected chi connectivity index (χ2v) is 4.68. The average molecular weight is 304 g/mol. The Morgan fingerprint density at radius 3 is 2.18 bits per heavy atom. The highest BCUT2D eigenvalue weighted by Gasteiger charge is 2.19. The second-order valence-electron chi connectivity index (χ2n) is 4.68. The number of carbonyl (C=O) groups excluding carboxylic acids is 2. The van der Waals surface area contributed by atoms with E-state index < -0.39 is 24.1 Å². The van der Waals surface area contributed by atoms with E-state index in [1.165, 1.54) is 43.3 Å². The summed E-state index contributed by atoms with van der Waals surface area (Å²) in [6.45, 7) is 0.845. The van der Waals surface area contributed by atoms with Crippen molar-refractivity contribution in [1.82, 2.24) is 0 Å². The average Bonchev–Trinajstić information content (AvgIpc) is 2.54. The molecule has 0 bridgehead atoms. The molecule has 0 unspecified atom stereocenters. The van der Waals surface area contributed by atoms with E-state index in [-0.39, 0.29) is 17.7 Å². The molecule has 0 saturated carbocycles. The molecule has 0 amide bonds. The van der Waals surface area contributed by atoms with Crippen LogP contribution in [0.5, 0.6) is 5.75 Å². The molecule has 0 aliphatic heterocycles. The number of alkyl halides is 1. The highest BCUT2D eigenvalue weighted by molar-refractivity contribution is 6.49. The Balaban J connectivity index is 2.16. The van der Waals surface area contributed by atoms with Crippen LogP contribution in [0.25, 0.3) is 0 Å². The molecular weight excluding hydrogens is 290 g/mol. The lowest BCUT2D eigenvalue weighted by molar-refractivity contribution is 0.0817. The third-order valence-corrected chi connectivity index (χ3v) is 3.09. The molecule has 0 saturated heterocycles. The first-order valence-corrected chi connectivity index (χ1v) is 6.67. The van der Waals surface area contributed by atoms with Gasteiger partial charge in [0.15, 0.2) is 0 Å². The molecule has 0 aromatic heterocycles. The molecule has 0 spiro atoms. The van der Waals surface area contributed by atoms with Crippen LogP contribution in [-0.2, 0) is 0 Å². The number of halogens is 2. The van der Waals surface area contributed by atoms with Crippen molar-refractivity contribution in [3.05, 3.63) is 65.0 Å². The molecular formula is C17H14F2O3. The molecule has 0 aliphatic rings. The minimum atomic E-state index is -0.708. The fourth-order valence-electron chi connectivity index (χ4n) is 1.91. The number of hydrogen-bond donors (Lipinski definition) is 0. The number of ether oxygens (including phenoxy) is 1. The standard InChI is InChI=1S/C17H14F2O3/c1-11-10-13(4-7-15(11)19)17(21)16(20)12-2-5-14(6-3-12)22-9-8-18/h2-7,10H,8-9H2,1H3. The molecule has 3 nitrogen and oxygen atoms in total. The van der Waals surface area contributed by atoms with Gasteiger partial charge in [-0.05, 0) is 55.0 Å². The number of aryl methyl sites for hydroxylation is 1. The van der Waals surface area contributed by atoms with E-state index in [0.717, 1.165) is 6.07 Å². The topological polar surface area (TPSA) is 43.4 Å². The maximum absolute atomic E-state index is 13.2. The van der Waals surface area contributed by atoms with Crippen molar-refractivity contribution < 1.29 is 23.1 Å². The van der Waals surface area contributed by atoms with Crippen molar-refractivity contribution in [3.8, 4) is 5.75 Å². The number of hydrogen-bond acceptors (Lipinski definition) is 3. The monoisotopic (exact) mass is 304 g/mol. The molecule has 0 atom stereocenters. The number of ketones is 2. The molecule has 114 valence electrons. The molecule has 0 radical (unpaired) electrons. The van der Waals surface area contributed by atoms with Gasteiger partial charge in [0.2, 0.25) is 11.6 Å². The van der Waals surface area contributed by atoms with Crippen LogP contribution in [0.3, 0.4) is 0 Å². The Bertz CT molecular complexity index is 694. The second kappa shape index (κ2) is 6.93. The van der Waals surface area contributed by atoms with Crippen LogP contribution in [0.1, 0.15) is 26.3 Å². The first-order valence-electron chi connectivity index (χ1n) is 6.67. The van der Waals surface area contributed by atoms with E-state index >= 15 is 0 Å². The minimum absolute atomic E-state index is 0.0684. The van der Waals surface area contributed by atoms with Crippen LogP contribution < -0.4 is 4.74 Å². The summed E-state index contributed by atoms with van der Waals surface area (Å²) >= 11 is 0. The maximum atomic E-state index is 13.2. The number of benzene rings is 2. The zero-order valence-electron chi connectivity index (χ0n) is 11.9. The Kier molecular flexibility index (Phi) is 4.99. The smallest absolute Gasteiger partial charge is 0.233 e. The summed E-state index contributed by atoms with van der Waals surface area (Å²) in [5, 5.41) is 0. The van der Waals surface area contributed by atoms with E-state index in [4.69, 9.17) is 4.74 Å². The third-order valence-electron chi connectivity index (χ3n) is 3.09. The van der Waals surface area contributed by atoms with Crippen LogP contribution >= 0.6 is 0 Å². The van der Waals surface area contributed by atoms with Crippen LogP contribution in [0.15, 0.2) is 42.5 Å². The number of rotatable bonds is 6. The van der Waals surface area contributed by atoms with Gasteiger partial charge in [-0.3, -0.25) is 9.59 Å². The molecule has 5 heteroatoms. The van der Waals surface area contributed by atoms with Crippen molar-refractivity contribution in [1.29, 1.82) is 0 Å². The first kappa shape index (κ1) is 15.8. The van der Waals surface area contributed by atoms with Gasteiger partial charge >= 0.3 is 0 Å². The van der Waals surface area contributed by atoms with Crippen molar-refractivity contribution in [2.45, 2.75) is 6.92 Å². The normalized spacial score (nSPS) is 10.3. The Labute approximate surface area is 126 Å². The van der Waals surface area contributed by atoms with Gasteiger partial charge < -0.3 is 4.74 Å². The lowest BCUT2D eigenvalue weighted by Crippen LogP contribution is -2.14. The van der Waals surface area contributed by atoms with Crippen molar-refractivity contribution in [2.24, 2.45) is 0 Å². The minimum Gasteiger partial charge on any atom is -0.491 e. The summed E-state index contributed by atoms with van der Waals surface area (Å²) < 4.78 is 30.2. The van der Waals surface area contributed by atoms with Crippen LogP contribution in [0.4, 0.5) is 8.78 Å². The quantitative estimate of drug-likeness (QED) is 0.605. The third kappa shape index (κ3) is 3.55. The van der Waals surface area contributed by atoms with Gasteiger partial charge in [-0.1, -0.05) is 0 Å². The molecule has 2 aromatic carbocycles.